The zero-order valence-electron chi connectivity index (χ0n) is 14.6. The summed E-state index contributed by atoms with van der Waals surface area (Å²) in [7, 11) is 0. The minimum absolute atomic E-state index is 0.0266. The Morgan fingerprint density at radius 3 is 2.69 bits per heavy atom. The number of carbonyl (C=O) groups excluding carboxylic acids is 1. The SMILES string of the molecule is C[C@H](O)c1c(-c2ccc(F)cc2)noc1C(=O)NCCN1CCOCC1. The van der Waals surface area contributed by atoms with Crippen molar-refractivity contribution in [2.75, 3.05) is 39.4 Å². The molecule has 1 fully saturated rings. The molecule has 3 rings (SSSR count). The smallest absolute Gasteiger partial charge is 0.290 e. The molecule has 0 bridgehead atoms. The summed E-state index contributed by atoms with van der Waals surface area (Å²) in [5.74, 6) is -0.840. The zero-order chi connectivity index (χ0) is 18.5. The van der Waals surface area contributed by atoms with Gasteiger partial charge in [-0.1, -0.05) is 5.16 Å². The van der Waals surface area contributed by atoms with Crippen LogP contribution in [0, 0.1) is 5.82 Å². The number of amides is 1. The summed E-state index contributed by atoms with van der Waals surface area (Å²) in [5, 5.41) is 16.8. The van der Waals surface area contributed by atoms with Crippen LogP contribution in [0.25, 0.3) is 11.3 Å². The van der Waals surface area contributed by atoms with E-state index >= 15 is 0 Å². The maximum absolute atomic E-state index is 13.1. The van der Waals surface area contributed by atoms with Crippen molar-refractivity contribution in [2.45, 2.75) is 13.0 Å². The molecule has 0 spiro atoms. The van der Waals surface area contributed by atoms with Gasteiger partial charge in [0.25, 0.3) is 5.91 Å². The highest BCUT2D eigenvalue weighted by atomic mass is 19.1. The Morgan fingerprint density at radius 2 is 2.04 bits per heavy atom. The number of carbonyl (C=O) groups is 1. The van der Waals surface area contributed by atoms with Gasteiger partial charge in [0.05, 0.1) is 24.9 Å². The highest BCUT2D eigenvalue weighted by Crippen LogP contribution is 2.30. The molecular formula is C18H22FN3O4. The van der Waals surface area contributed by atoms with Gasteiger partial charge in [0.1, 0.15) is 11.5 Å². The van der Waals surface area contributed by atoms with E-state index in [1.807, 2.05) is 0 Å². The molecule has 1 aliphatic heterocycles. The van der Waals surface area contributed by atoms with E-state index in [9.17, 15) is 14.3 Å². The van der Waals surface area contributed by atoms with Crippen LogP contribution in [0.2, 0.25) is 0 Å². The third-order valence-corrected chi connectivity index (χ3v) is 4.29. The summed E-state index contributed by atoms with van der Waals surface area (Å²) in [6, 6.07) is 5.63. The number of benzene rings is 1. The number of rotatable bonds is 6. The standard InChI is InChI=1S/C18H22FN3O4/c1-12(23)15-16(13-2-4-14(19)5-3-13)21-26-17(15)18(24)20-6-7-22-8-10-25-11-9-22/h2-5,12,23H,6-11H2,1H3,(H,20,24)/t12-/m0/s1. The van der Waals surface area contributed by atoms with Crippen molar-refractivity contribution in [2.24, 2.45) is 0 Å². The van der Waals surface area contributed by atoms with Gasteiger partial charge >= 0.3 is 0 Å². The van der Waals surface area contributed by atoms with Crippen LogP contribution < -0.4 is 5.32 Å². The monoisotopic (exact) mass is 363 g/mol. The number of halogens is 1. The third kappa shape index (κ3) is 4.27. The molecule has 1 atom stereocenters. The van der Waals surface area contributed by atoms with E-state index in [-0.39, 0.29) is 11.6 Å². The van der Waals surface area contributed by atoms with Gasteiger partial charge in [-0.3, -0.25) is 9.69 Å². The average Bonchev–Trinajstić information content (AvgIpc) is 3.08. The summed E-state index contributed by atoms with van der Waals surface area (Å²) in [4.78, 5) is 14.6. The summed E-state index contributed by atoms with van der Waals surface area (Å²) in [6.45, 7) is 5.76. The molecular weight excluding hydrogens is 341 g/mol. The Balaban J connectivity index is 1.70. The lowest BCUT2D eigenvalue weighted by atomic mass is 10.0. The maximum Gasteiger partial charge on any atom is 0.290 e. The van der Waals surface area contributed by atoms with E-state index in [2.05, 4.69) is 15.4 Å². The zero-order valence-corrected chi connectivity index (χ0v) is 14.6. The second-order valence-electron chi connectivity index (χ2n) is 6.17. The molecule has 2 N–H and O–H groups in total. The molecule has 1 aromatic carbocycles. The van der Waals surface area contributed by atoms with Crippen molar-refractivity contribution in [1.29, 1.82) is 0 Å². The maximum atomic E-state index is 13.1. The minimum atomic E-state index is -0.957. The van der Waals surface area contributed by atoms with Gasteiger partial charge < -0.3 is 19.7 Å². The Labute approximate surface area is 150 Å². The molecule has 2 heterocycles. The number of hydrogen-bond donors (Lipinski definition) is 2. The average molecular weight is 363 g/mol. The number of aliphatic hydroxyl groups is 1. The largest absolute Gasteiger partial charge is 0.388 e. The normalized spacial score (nSPS) is 16.4. The van der Waals surface area contributed by atoms with Crippen LogP contribution in [0.15, 0.2) is 28.8 Å². The van der Waals surface area contributed by atoms with Crippen LogP contribution in [0.4, 0.5) is 4.39 Å². The number of nitrogens with one attached hydrogen (secondary N) is 1. The summed E-state index contributed by atoms with van der Waals surface area (Å²) >= 11 is 0. The van der Waals surface area contributed by atoms with Crippen LogP contribution in [-0.4, -0.2) is 60.5 Å². The van der Waals surface area contributed by atoms with E-state index in [4.69, 9.17) is 9.26 Å². The molecule has 7 nitrogen and oxygen atoms in total. The van der Waals surface area contributed by atoms with Crippen molar-refractivity contribution in [1.82, 2.24) is 15.4 Å². The van der Waals surface area contributed by atoms with Gasteiger partial charge in [-0.2, -0.15) is 0 Å². The van der Waals surface area contributed by atoms with E-state index in [1.54, 1.807) is 0 Å². The lowest BCUT2D eigenvalue weighted by Gasteiger charge is -2.26. The minimum Gasteiger partial charge on any atom is -0.388 e. The van der Waals surface area contributed by atoms with Gasteiger partial charge in [0.15, 0.2) is 0 Å². The van der Waals surface area contributed by atoms with Crippen molar-refractivity contribution >= 4 is 5.91 Å². The van der Waals surface area contributed by atoms with Gasteiger partial charge in [0.2, 0.25) is 5.76 Å². The van der Waals surface area contributed by atoms with Crippen molar-refractivity contribution in [3.05, 3.63) is 41.4 Å². The second kappa shape index (κ2) is 8.39. The number of aromatic nitrogens is 1. The second-order valence-corrected chi connectivity index (χ2v) is 6.17. The first-order valence-electron chi connectivity index (χ1n) is 8.58. The molecule has 0 aliphatic carbocycles. The topological polar surface area (TPSA) is 87.8 Å². The summed E-state index contributed by atoms with van der Waals surface area (Å²) < 4.78 is 23.6. The lowest BCUT2D eigenvalue weighted by Crippen LogP contribution is -2.41. The molecule has 2 aromatic rings. The van der Waals surface area contributed by atoms with Crippen LogP contribution in [0.5, 0.6) is 0 Å². The number of ether oxygens (including phenoxy) is 1. The van der Waals surface area contributed by atoms with Gasteiger partial charge in [-0.05, 0) is 31.2 Å². The molecule has 1 aromatic heterocycles. The fourth-order valence-corrected chi connectivity index (χ4v) is 2.90. The molecule has 26 heavy (non-hydrogen) atoms. The van der Waals surface area contributed by atoms with Crippen LogP contribution in [0.3, 0.4) is 0 Å². The Hall–Kier alpha value is -2.29. The molecule has 0 saturated carbocycles. The van der Waals surface area contributed by atoms with Crippen LogP contribution in [0.1, 0.15) is 29.1 Å². The molecule has 1 amide bonds. The number of nitrogens with zero attached hydrogens (tertiary/aromatic N) is 2. The summed E-state index contributed by atoms with van der Waals surface area (Å²) in [6.07, 6.45) is -0.957. The van der Waals surface area contributed by atoms with E-state index in [1.165, 1.54) is 31.2 Å². The lowest BCUT2D eigenvalue weighted by molar-refractivity contribution is 0.0382. The molecule has 0 radical (unpaired) electrons. The van der Waals surface area contributed by atoms with Crippen molar-refractivity contribution in [3.63, 3.8) is 0 Å². The Bertz CT molecular complexity index is 739. The first-order valence-corrected chi connectivity index (χ1v) is 8.58. The fraction of sp³-hybridized carbons (Fsp3) is 0.444. The number of morpholine rings is 1. The highest BCUT2D eigenvalue weighted by Gasteiger charge is 2.26. The molecule has 1 aliphatic rings. The fourth-order valence-electron chi connectivity index (χ4n) is 2.90. The first-order chi connectivity index (χ1) is 12.6. The first kappa shape index (κ1) is 18.5. The van der Waals surface area contributed by atoms with Gasteiger partial charge in [-0.25, -0.2) is 4.39 Å². The van der Waals surface area contributed by atoms with E-state index in [0.29, 0.717) is 43.1 Å². The quantitative estimate of drug-likeness (QED) is 0.811. The molecule has 0 unspecified atom stereocenters. The van der Waals surface area contributed by atoms with Crippen LogP contribution >= 0.6 is 0 Å². The molecule has 8 heteroatoms. The van der Waals surface area contributed by atoms with Gasteiger partial charge in [0, 0.05) is 31.7 Å². The van der Waals surface area contributed by atoms with Crippen molar-refractivity contribution < 1.29 is 23.6 Å². The predicted octanol–water partition coefficient (Wildman–Crippen LogP) is 1.60. The predicted molar refractivity (Wildman–Crippen MR) is 92.1 cm³/mol. The van der Waals surface area contributed by atoms with Crippen molar-refractivity contribution in [3.8, 4) is 11.3 Å². The van der Waals surface area contributed by atoms with E-state index < -0.39 is 12.0 Å². The van der Waals surface area contributed by atoms with Crippen LogP contribution in [-0.2, 0) is 4.74 Å². The Morgan fingerprint density at radius 1 is 1.35 bits per heavy atom. The summed E-state index contributed by atoms with van der Waals surface area (Å²) in [5.41, 5.74) is 1.19. The Kier molecular flexibility index (Phi) is 5.97. The third-order valence-electron chi connectivity index (χ3n) is 4.29. The number of aliphatic hydroxyl groups excluding tert-OH is 1. The van der Waals surface area contributed by atoms with Gasteiger partial charge in [-0.15, -0.1) is 0 Å². The van der Waals surface area contributed by atoms with E-state index in [0.717, 1.165) is 13.1 Å². The molecule has 1 saturated heterocycles. The highest BCUT2D eigenvalue weighted by molar-refractivity contribution is 5.94. The number of hydrogen-bond acceptors (Lipinski definition) is 6. The molecule has 140 valence electrons.